The number of benzene rings is 2. The summed E-state index contributed by atoms with van der Waals surface area (Å²) in [5, 5.41) is 1.13. The van der Waals surface area contributed by atoms with Gasteiger partial charge in [-0.25, -0.2) is 0 Å². The molecule has 0 fully saturated rings. The van der Waals surface area contributed by atoms with E-state index in [0.717, 1.165) is 33.3 Å². The van der Waals surface area contributed by atoms with Crippen LogP contribution in [0.3, 0.4) is 0 Å². The maximum absolute atomic E-state index is 6.03. The van der Waals surface area contributed by atoms with Crippen LogP contribution in [0, 0.1) is 6.92 Å². The van der Waals surface area contributed by atoms with Gasteiger partial charge in [-0.3, -0.25) is 0 Å². The van der Waals surface area contributed by atoms with Gasteiger partial charge in [0.15, 0.2) is 0 Å². The summed E-state index contributed by atoms with van der Waals surface area (Å²) < 4.78 is 14.7. The molecule has 0 aliphatic carbocycles. The number of fused-ring (bicyclic) bond motifs is 2. The van der Waals surface area contributed by atoms with Crippen LogP contribution in [-0.2, 0) is 7.05 Å². The van der Waals surface area contributed by atoms with E-state index in [2.05, 4.69) is 55.0 Å². The zero-order chi connectivity index (χ0) is 16.7. The third-order valence-electron chi connectivity index (χ3n) is 4.16. The molecule has 4 rings (SSSR count). The van der Waals surface area contributed by atoms with Gasteiger partial charge in [-0.05, 0) is 43.3 Å². The van der Waals surface area contributed by atoms with Crippen LogP contribution in [0.5, 0.6) is 11.5 Å². The Bertz CT molecular complexity index is 998. The second kappa shape index (κ2) is 5.80. The van der Waals surface area contributed by atoms with E-state index >= 15 is 0 Å². The molecule has 0 spiro atoms. The quantitative estimate of drug-likeness (QED) is 0.643. The van der Waals surface area contributed by atoms with Gasteiger partial charge >= 0.3 is 0 Å². The van der Waals surface area contributed by atoms with Crippen LogP contribution >= 0.6 is 11.3 Å². The van der Waals surface area contributed by atoms with Crippen LogP contribution in [0.1, 0.15) is 16.1 Å². The number of hydrogen-bond acceptors (Lipinski definition) is 3. The van der Waals surface area contributed by atoms with E-state index in [0.29, 0.717) is 0 Å². The van der Waals surface area contributed by atoms with Crippen LogP contribution in [-0.4, -0.2) is 7.11 Å². The van der Waals surface area contributed by atoms with Crippen molar-refractivity contribution in [2.75, 3.05) is 7.11 Å². The maximum Gasteiger partial charge on any atom is 0.266 e. The Morgan fingerprint density at radius 3 is 2.83 bits per heavy atom. The fourth-order valence-corrected chi connectivity index (χ4v) is 3.89. The third-order valence-corrected chi connectivity index (χ3v) is 5.32. The molecule has 1 aliphatic heterocycles. The van der Waals surface area contributed by atoms with Crippen molar-refractivity contribution in [1.82, 2.24) is 0 Å². The molecule has 2 heterocycles. The number of aromatic nitrogens is 1. The predicted molar refractivity (Wildman–Crippen MR) is 98.4 cm³/mol. The lowest BCUT2D eigenvalue weighted by molar-refractivity contribution is -0.642. The minimum absolute atomic E-state index is 0.848. The Balaban J connectivity index is 1.73. The first-order valence-electron chi connectivity index (χ1n) is 7.79. The normalized spacial score (nSPS) is 14.7. The van der Waals surface area contributed by atoms with E-state index in [1.807, 2.05) is 18.2 Å². The van der Waals surface area contributed by atoms with E-state index in [1.54, 1.807) is 18.4 Å². The average molecular weight is 336 g/mol. The standard InChI is InChI=1S/C20H18NO2S/c1-13-4-8-18-14(10-13)5-6-16(23-18)12-20-21(2)17-11-15(22-3)7-9-19(17)24-20/h4-12H,1-3H3/q+1/b16-12+. The maximum atomic E-state index is 6.03. The highest BCUT2D eigenvalue weighted by Crippen LogP contribution is 2.30. The van der Waals surface area contributed by atoms with Crippen LogP contribution in [0.4, 0.5) is 0 Å². The number of ether oxygens (including phenoxy) is 2. The van der Waals surface area contributed by atoms with Crippen LogP contribution in [0.15, 0.2) is 48.2 Å². The lowest BCUT2D eigenvalue weighted by Crippen LogP contribution is -2.29. The molecule has 120 valence electrons. The molecular weight excluding hydrogens is 318 g/mol. The Morgan fingerprint density at radius 2 is 2.00 bits per heavy atom. The number of allylic oxidation sites excluding steroid dienone is 1. The lowest BCUT2D eigenvalue weighted by atomic mass is 10.1. The van der Waals surface area contributed by atoms with Crippen molar-refractivity contribution in [1.29, 1.82) is 0 Å². The molecule has 3 aromatic rings. The second-order valence-electron chi connectivity index (χ2n) is 5.86. The summed E-state index contributed by atoms with van der Waals surface area (Å²) in [6.07, 6.45) is 6.21. The number of aryl methyl sites for hydroxylation is 2. The lowest BCUT2D eigenvalue weighted by Gasteiger charge is -2.14. The Hall–Kier alpha value is -2.59. The number of hydrogen-bond donors (Lipinski definition) is 0. The van der Waals surface area contributed by atoms with Crippen molar-refractivity contribution in [3.8, 4) is 11.5 Å². The molecule has 24 heavy (non-hydrogen) atoms. The van der Waals surface area contributed by atoms with Crippen molar-refractivity contribution >= 4 is 33.7 Å². The number of thiazole rings is 1. The highest BCUT2D eigenvalue weighted by atomic mass is 32.1. The summed E-state index contributed by atoms with van der Waals surface area (Å²) in [5.74, 6) is 2.62. The molecule has 0 N–H and O–H groups in total. The monoisotopic (exact) mass is 336 g/mol. The molecule has 3 nitrogen and oxygen atoms in total. The molecule has 2 aromatic carbocycles. The number of rotatable bonds is 2. The average Bonchev–Trinajstić information content (AvgIpc) is 2.90. The predicted octanol–water partition coefficient (Wildman–Crippen LogP) is 4.49. The Kier molecular flexibility index (Phi) is 3.62. The summed E-state index contributed by atoms with van der Waals surface area (Å²) in [7, 11) is 3.75. The van der Waals surface area contributed by atoms with E-state index in [4.69, 9.17) is 9.47 Å². The van der Waals surface area contributed by atoms with Gasteiger partial charge in [-0.1, -0.05) is 23.0 Å². The summed E-state index contributed by atoms with van der Waals surface area (Å²) in [4.78, 5) is 0. The minimum Gasteiger partial charge on any atom is -0.497 e. The smallest absolute Gasteiger partial charge is 0.266 e. The molecule has 1 aliphatic rings. The van der Waals surface area contributed by atoms with Crippen molar-refractivity contribution in [3.05, 3.63) is 64.4 Å². The summed E-state index contributed by atoms with van der Waals surface area (Å²) in [6.45, 7) is 2.09. The molecule has 0 saturated carbocycles. The van der Waals surface area contributed by atoms with Gasteiger partial charge < -0.3 is 9.47 Å². The first-order chi connectivity index (χ1) is 11.6. The SMILES string of the molecule is COc1ccc2sc(/C=C3\C=Cc4cc(C)ccc4O3)[n+](C)c2c1. The fraction of sp³-hybridized carbons (Fsp3) is 0.150. The van der Waals surface area contributed by atoms with Crippen molar-refractivity contribution in [2.45, 2.75) is 6.92 Å². The highest BCUT2D eigenvalue weighted by molar-refractivity contribution is 7.18. The molecule has 0 saturated heterocycles. The van der Waals surface area contributed by atoms with E-state index in [-0.39, 0.29) is 0 Å². The molecule has 0 bridgehead atoms. The molecule has 0 radical (unpaired) electrons. The van der Waals surface area contributed by atoms with E-state index < -0.39 is 0 Å². The number of methoxy groups -OCH3 is 1. The largest absolute Gasteiger partial charge is 0.497 e. The minimum atomic E-state index is 0.848. The highest BCUT2D eigenvalue weighted by Gasteiger charge is 2.18. The molecule has 0 amide bonds. The van der Waals surface area contributed by atoms with Crippen LogP contribution < -0.4 is 14.0 Å². The first-order valence-corrected chi connectivity index (χ1v) is 8.60. The summed E-state index contributed by atoms with van der Waals surface area (Å²) >= 11 is 1.74. The number of nitrogens with zero attached hydrogens (tertiary/aromatic N) is 1. The van der Waals surface area contributed by atoms with Crippen molar-refractivity contribution < 1.29 is 14.0 Å². The van der Waals surface area contributed by atoms with Gasteiger partial charge in [0, 0.05) is 5.56 Å². The van der Waals surface area contributed by atoms with Gasteiger partial charge in [0.05, 0.1) is 19.3 Å². The molecule has 0 atom stereocenters. The Morgan fingerprint density at radius 1 is 1.12 bits per heavy atom. The molecule has 0 unspecified atom stereocenters. The van der Waals surface area contributed by atoms with Crippen LogP contribution in [0.2, 0.25) is 0 Å². The van der Waals surface area contributed by atoms with Gasteiger partial charge in [0.25, 0.3) is 5.01 Å². The second-order valence-corrected chi connectivity index (χ2v) is 6.92. The van der Waals surface area contributed by atoms with Crippen molar-refractivity contribution in [2.24, 2.45) is 7.05 Å². The van der Waals surface area contributed by atoms with Crippen LogP contribution in [0.25, 0.3) is 22.4 Å². The zero-order valence-electron chi connectivity index (χ0n) is 13.9. The van der Waals surface area contributed by atoms with Gasteiger partial charge in [0.1, 0.15) is 29.0 Å². The molecular formula is C20H18NO2S+. The van der Waals surface area contributed by atoms with Gasteiger partial charge in [-0.15, -0.1) is 0 Å². The fourth-order valence-electron chi connectivity index (χ4n) is 2.82. The van der Waals surface area contributed by atoms with E-state index in [9.17, 15) is 0 Å². The molecule has 1 aromatic heterocycles. The zero-order valence-corrected chi connectivity index (χ0v) is 14.7. The summed E-state index contributed by atoms with van der Waals surface area (Å²) in [5.41, 5.74) is 3.51. The van der Waals surface area contributed by atoms with Gasteiger partial charge in [0.2, 0.25) is 5.52 Å². The first kappa shape index (κ1) is 15.0. The topological polar surface area (TPSA) is 22.3 Å². The Labute approximate surface area is 145 Å². The van der Waals surface area contributed by atoms with E-state index in [1.165, 1.54) is 10.3 Å². The summed E-state index contributed by atoms with van der Waals surface area (Å²) in [6, 6.07) is 12.4. The third kappa shape index (κ3) is 2.59. The van der Waals surface area contributed by atoms with Gasteiger partial charge in [-0.2, -0.15) is 4.57 Å². The molecule has 4 heteroatoms. The van der Waals surface area contributed by atoms with Crippen molar-refractivity contribution in [3.63, 3.8) is 0 Å².